The molecule has 1 atom stereocenters. The summed E-state index contributed by atoms with van der Waals surface area (Å²) in [7, 11) is 1.57. The first-order valence-corrected chi connectivity index (χ1v) is 9.79. The molecule has 0 fully saturated rings. The van der Waals surface area contributed by atoms with Gasteiger partial charge in [-0.2, -0.15) is 5.26 Å². The molecule has 33 heavy (non-hydrogen) atoms. The molecule has 1 heterocycles. The van der Waals surface area contributed by atoms with Crippen molar-refractivity contribution in [1.82, 2.24) is 0 Å². The Kier molecular flexibility index (Phi) is 5.66. The lowest BCUT2D eigenvalue weighted by molar-refractivity contribution is -0.384. The number of nitrogens with zero attached hydrogens (tertiary/aromatic N) is 3. The first kappa shape index (κ1) is 21.4. The number of aromatic hydroxyl groups is 1. The van der Waals surface area contributed by atoms with E-state index in [9.17, 15) is 20.5 Å². The van der Waals surface area contributed by atoms with Crippen LogP contribution in [0.3, 0.4) is 0 Å². The standard InChI is InChI=1S/C24H18N4O5/c1-32-18-8-6-16(7-9-18)27-13-15-5-10-20(29)22-21(19(12-25)24(26)33-23(15)22)14-3-2-4-17(11-14)28(30)31/h2-11,13,21,29H,26H2,1H3/t21-/m1/s1. The summed E-state index contributed by atoms with van der Waals surface area (Å²) in [4.78, 5) is 15.2. The molecule has 0 unspecified atom stereocenters. The molecule has 0 saturated carbocycles. The second kappa shape index (κ2) is 8.72. The Hall–Kier alpha value is -4.84. The van der Waals surface area contributed by atoms with Crippen LogP contribution >= 0.6 is 0 Å². The number of hydrogen-bond acceptors (Lipinski definition) is 8. The largest absolute Gasteiger partial charge is 0.507 e. The number of nitro benzene ring substituents is 1. The SMILES string of the molecule is COc1ccc(N=Cc2ccc(O)c3c2OC(N)=C(C#N)[C@H]3c2cccc([N+](=O)[O-])c2)cc1. The highest BCUT2D eigenvalue weighted by Gasteiger charge is 2.35. The smallest absolute Gasteiger partial charge is 0.269 e. The van der Waals surface area contributed by atoms with Gasteiger partial charge in [0.15, 0.2) is 0 Å². The zero-order chi connectivity index (χ0) is 23.5. The number of aliphatic imine (C=N–C) groups is 1. The summed E-state index contributed by atoms with van der Waals surface area (Å²) in [6, 6.07) is 18.0. The normalized spacial score (nSPS) is 15.0. The van der Waals surface area contributed by atoms with Gasteiger partial charge < -0.3 is 20.3 Å². The minimum Gasteiger partial charge on any atom is -0.507 e. The maximum Gasteiger partial charge on any atom is 0.269 e. The Morgan fingerprint density at radius 2 is 2.00 bits per heavy atom. The zero-order valence-electron chi connectivity index (χ0n) is 17.4. The molecule has 164 valence electrons. The van der Waals surface area contributed by atoms with Crippen LogP contribution < -0.4 is 15.2 Å². The van der Waals surface area contributed by atoms with E-state index in [1.54, 1.807) is 49.7 Å². The molecular formula is C24H18N4O5. The van der Waals surface area contributed by atoms with Gasteiger partial charge >= 0.3 is 0 Å². The number of nitro groups is 1. The Labute approximate surface area is 188 Å². The zero-order valence-corrected chi connectivity index (χ0v) is 17.4. The molecular weight excluding hydrogens is 424 g/mol. The first-order chi connectivity index (χ1) is 15.9. The van der Waals surface area contributed by atoms with Crippen molar-refractivity contribution < 1.29 is 19.5 Å². The van der Waals surface area contributed by atoms with E-state index in [0.717, 1.165) is 0 Å². The monoisotopic (exact) mass is 442 g/mol. The van der Waals surface area contributed by atoms with E-state index in [1.165, 1.54) is 24.3 Å². The van der Waals surface area contributed by atoms with Gasteiger partial charge in [-0.1, -0.05) is 12.1 Å². The number of nitriles is 1. The lowest BCUT2D eigenvalue weighted by Crippen LogP contribution is -2.22. The average molecular weight is 442 g/mol. The number of phenols is 1. The molecule has 9 heteroatoms. The second-order valence-electron chi connectivity index (χ2n) is 7.15. The van der Waals surface area contributed by atoms with Crippen molar-refractivity contribution in [3.63, 3.8) is 0 Å². The summed E-state index contributed by atoms with van der Waals surface area (Å²) in [5.74, 6) is -0.219. The number of hydrogen-bond donors (Lipinski definition) is 2. The molecule has 0 aromatic heterocycles. The van der Waals surface area contributed by atoms with Crippen molar-refractivity contribution in [2.24, 2.45) is 10.7 Å². The van der Waals surface area contributed by atoms with Crippen molar-refractivity contribution >= 4 is 17.6 Å². The predicted molar refractivity (Wildman–Crippen MR) is 121 cm³/mol. The molecule has 0 amide bonds. The van der Waals surface area contributed by atoms with Crippen LogP contribution in [0.2, 0.25) is 0 Å². The third-order valence-corrected chi connectivity index (χ3v) is 5.22. The summed E-state index contributed by atoms with van der Waals surface area (Å²) in [5, 5.41) is 31.7. The summed E-state index contributed by atoms with van der Waals surface area (Å²) in [6.07, 6.45) is 1.55. The maximum absolute atomic E-state index is 11.3. The molecule has 0 aliphatic carbocycles. The molecule has 3 aromatic carbocycles. The maximum atomic E-state index is 11.3. The van der Waals surface area contributed by atoms with E-state index in [4.69, 9.17) is 15.2 Å². The number of fused-ring (bicyclic) bond motifs is 1. The molecule has 1 aliphatic rings. The molecule has 3 N–H and O–H groups in total. The van der Waals surface area contributed by atoms with Crippen molar-refractivity contribution in [2.45, 2.75) is 5.92 Å². The van der Waals surface area contributed by atoms with Crippen LogP contribution in [0.5, 0.6) is 17.2 Å². The van der Waals surface area contributed by atoms with Crippen molar-refractivity contribution in [3.05, 3.63) is 98.9 Å². The lowest BCUT2D eigenvalue weighted by Gasteiger charge is -2.28. The average Bonchev–Trinajstić information content (AvgIpc) is 2.83. The quantitative estimate of drug-likeness (QED) is 0.341. The highest BCUT2D eigenvalue weighted by Crippen LogP contribution is 2.48. The highest BCUT2D eigenvalue weighted by atomic mass is 16.6. The van der Waals surface area contributed by atoms with Gasteiger partial charge in [0.05, 0.1) is 29.2 Å². The van der Waals surface area contributed by atoms with Crippen LogP contribution in [0.1, 0.15) is 22.6 Å². The van der Waals surface area contributed by atoms with Crippen LogP contribution in [0.4, 0.5) is 11.4 Å². The van der Waals surface area contributed by atoms with E-state index in [1.807, 2.05) is 6.07 Å². The van der Waals surface area contributed by atoms with Gasteiger partial charge in [-0.3, -0.25) is 15.1 Å². The fourth-order valence-electron chi connectivity index (χ4n) is 3.64. The van der Waals surface area contributed by atoms with Gasteiger partial charge in [0.2, 0.25) is 5.88 Å². The summed E-state index contributed by atoms with van der Waals surface area (Å²) in [6.45, 7) is 0. The van der Waals surface area contributed by atoms with E-state index in [-0.39, 0.29) is 34.2 Å². The summed E-state index contributed by atoms with van der Waals surface area (Å²) < 4.78 is 10.9. The Bertz CT molecular complexity index is 1340. The van der Waals surface area contributed by atoms with E-state index in [2.05, 4.69) is 4.99 Å². The van der Waals surface area contributed by atoms with Gasteiger partial charge in [-0.15, -0.1) is 0 Å². The van der Waals surface area contributed by atoms with Crippen LogP contribution in [0, 0.1) is 21.4 Å². The van der Waals surface area contributed by atoms with Crippen molar-refractivity contribution in [1.29, 1.82) is 5.26 Å². The van der Waals surface area contributed by atoms with Crippen LogP contribution in [-0.4, -0.2) is 23.4 Å². The van der Waals surface area contributed by atoms with Crippen molar-refractivity contribution in [2.75, 3.05) is 7.11 Å². The molecule has 3 aromatic rings. The number of phenolic OH excluding ortho intramolecular Hbond substituents is 1. The fraction of sp³-hybridized carbons (Fsp3) is 0.0833. The number of methoxy groups -OCH3 is 1. The fourth-order valence-corrected chi connectivity index (χ4v) is 3.64. The molecule has 9 nitrogen and oxygen atoms in total. The van der Waals surface area contributed by atoms with E-state index in [0.29, 0.717) is 22.6 Å². The Morgan fingerprint density at radius 1 is 1.24 bits per heavy atom. The van der Waals surface area contributed by atoms with Gasteiger partial charge in [-0.25, -0.2) is 0 Å². The topological polar surface area (TPSA) is 144 Å². The minimum atomic E-state index is -0.854. The predicted octanol–water partition coefficient (Wildman–Crippen LogP) is 4.28. The van der Waals surface area contributed by atoms with Crippen LogP contribution in [-0.2, 0) is 0 Å². The third kappa shape index (κ3) is 4.05. The number of benzene rings is 3. The molecule has 0 radical (unpaired) electrons. The number of nitrogens with two attached hydrogens (primary N) is 1. The van der Waals surface area contributed by atoms with Gasteiger partial charge in [0, 0.05) is 23.9 Å². The van der Waals surface area contributed by atoms with E-state index < -0.39 is 10.8 Å². The van der Waals surface area contributed by atoms with Gasteiger partial charge in [0.1, 0.15) is 28.9 Å². The molecule has 4 rings (SSSR count). The van der Waals surface area contributed by atoms with Gasteiger partial charge in [0.25, 0.3) is 5.69 Å². The summed E-state index contributed by atoms with van der Waals surface area (Å²) >= 11 is 0. The number of non-ortho nitro benzene ring substituents is 1. The first-order valence-electron chi connectivity index (χ1n) is 9.79. The van der Waals surface area contributed by atoms with Crippen molar-refractivity contribution in [3.8, 4) is 23.3 Å². The van der Waals surface area contributed by atoms with E-state index >= 15 is 0 Å². The Balaban J connectivity index is 1.84. The molecule has 0 spiro atoms. The number of allylic oxidation sites excluding steroid dienone is 1. The summed E-state index contributed by atoms with van der Waals surface area (Å²) in [5.41, 5.74) is 7.82. The minimum absolute atomic E-state index is 0.0440. The van der Waals surface area contributed by atoms with Gasteiger partial charge in [-0.05, 0) is 42.0 Å². The molecule has 0 bridgehead atoms. The molecule has 1 aliphatic heterocycles. The second-order valence-corrected chi connectivity index (χ2v) is 7.15. The van der Waals surface area contributed by atoms with Crippen LogP contribution in [0.15, 0.2) is 77.1 Å². The highest BCUT2D eigenvalue weighted by molar-refractivity contribution is 5.88. The number of ether oxygens (including phenoxy) is 2. The van der Waals surface area contributed by atoms with Crippen LogP contribution in [0.25, 0.3) is 0 Å². The third-order valence-electron chi connectivity index (χ3n) is 5.22. The lowest BCUT2D eigenvalue weighted by atomic mass is 9.82. The Morgan fingerprint density at radius 3 is 2.67 bits per heavy atom. The molecule has 0 saturated heterocycles. The number of rotatable bonds is 5.